The molecule has 0 radical (unpaired) electrons. The fourth-order valence-electron chi connectivity index (χ4n) is 3.72. The number of H-pyrrole nitrogens is 1. The molecular formula is C22H24FN3O. The van der Waals surface area contributed by atoms with Gasteiger partial charge in [0.2, 0.25) is 5.91 Å². The van der Waals surface area contributed by atoms with Gasteiger partial charge >= 0.3 is 0 Å². The number of halogens is 1. The molecule has 0 atom stereocenters. The molecule has 140 valence electrons. The molecule has 0 saturated carbocycles. The Morgan fingerprint density at radius 2 is 1.89 bits per heavy atom. The van der Waals surface area contributed by atoms with E-state index < -0.39 is 0 Å². The lowest BCUT2D eigenvalue weighted by atomic mass is 9.96. The van der Waals surface area contributed by atoms with E-state index in [0.717, 1.165) is 48.0 Å². The molecular weight excluding hydrogens is 341 g/mol. The zero-order chi connectivity index (χ0) is 18.8. The van der Waals surface area contributed by atoms with E-state index in [1.165, 1.54) is 6.07 Å². The second-order valence-corrected chi connectivity index (χ2v) is 7.38. The summed E-state index contributed by atoms with van der Waals surface area (Å²) >= 11 is 0. The Morgan fingerprint density at radius 1 is 1.15 bits per heavy atom. The van der Waals surface area contributed by atoms with E-state index >= 15 is 0 Å². The summed E-state index contributed by atoms with van der Waals surface area (Å²) in [4.78, 5) is 17.8. The van der Waals surface area contributed by atoms with Crippen LogP contribution in [-0.2, 0) is 11.3 Å². The van der Waals surface area contributed by atoms with Crippen molar-refractivity contribution in [3.63, 3.8) is 0 Å². The van der Waals surface area contributed by atoms with Crippen LogP contribution < -0.4 is 5.32 Å². The van der Waals surface area contributed by atoms with Gasteiger partial charge in [0.25, 0.3) is 0 Å². The van der Waals surface area contributed by atoms with Crippen molar-refractivity contribution in [2.24, 2.45) is 5.92 Å². The smallest absolute Gasteiger partial charge is 0.223 e. The van der Waals surface area contributed by atoms with Crippen molar-refractivity contribution in [1.29, 1.82) is 0 Å². The van der Waals surface area contributed by atoms with Gasteiger partial charge in [-0.25, -0.2) is 4.39 Å². The molecule has 1 aliphatic heterocycles. The SMILES string of the molecule is CN1CCC(C(=O)NCc2cc(-c3ccc4[nH]ccc4c3)ccc2F)CC1. The third-order valence-electron chi connectivity index (χ3n) is 5.47. The minimum absolute atomic E-state index is 0.0293. The summed E-state index contributed by atoms with van der Waals surface area (Å²) in [5, 5.41) is 4.05. The van der Waals surface area contributed by atoms with Gasteiger partial charge in [0.05, 0.1) is 0 Å². The first-order valence-corrected chi connectivity index (χ1v) is 9.42. The number of nitrogens with one attached hydrogen (secondary N) is 2. The molecule has 0 spiro atoms. The van der Waals surface area contributed by atoms with Crippen molar-refractivity contribution < 1.29 is 9.18 Å². The number of benzene rings is 2. The highest BCUT2D eigenvalue weighted by Crippen LogP contribution is 2.26. The van der Waals surface area contributed by atoms with Gasteiger partial charge in [-0.15, -0.1) is 0 Å². The number of aromatic nitrogens is 1. The number of carbonyl (C=O) groups excluding carboxylic acids is 1. The Bertz CT molecular complexity index is 957. The van der Waals surface area contributed by atoms with E-state index in [9.17, 15) is 9.18 Å². The summed E-state index contributed by atoms with van der Waals surface area (Å²) in [7, 11) is 2.07. The monoisotopic (exact) mass is 365 g/mol. The minimum atomic E-state index is -0.287. The quantitative estimate of drug-likeness (QED) is 0.736. The first kappa shape index (κ1) is 17.7. The molecule has 2 aromatic carbocycles. The highest BCUT2D eigenvalue weighted by molar-refractivity contribution is 5.85. The average Bonchev–Trinajstić information content (AvgIpc) is 3.15. The van der Waals surface area contributed by atoms with Gasteiger partial charge in [0.1, 0.15) is 5.82 Å². The number of likely N-dealkylation sites (tertiary alicyclic amines) is 1. The topological polar surface area (TPSA) is 48.1 Å². The summed E-state index contributed by atoms with van der Waals surface area (Å²) in [6, 6.07) is 13.2. The summed E-state index contributed by atoms with van der Waals surface area (Å²) in [5.41, 5.74) is 3.57. The number of amides is 1. The summed E-state index contributed by atoms with van der Waals surface area (Å²) in [6.45, 7) is 2.09. The third kappa shape index (κ3) is 3.88. The molecule has 4 nitrogen and oxygen atoms in total. The maximum atomic E-state index is 14.3. The van der Waals surface area contributed by atoms with Crippen LogP contribution in [0.1, 0.15) is 18.4 Å². The number of fused-ring (bicyclic) bond motifs is 1. The molecule has 2 heterocycles. The Morgan fingerprint density at radius 3 is 2.70 bits per heavy atom. The molecule has 5 heteroatoms. The van der Waals surface area contributed by atoms with Gasteiger partial charge in [0.15, 0.2) is 0 Å². The van der Waals surface area contributed by atoms with Gasteiger partial charge in [0, 0.05) is 29.7 Å². The average molecular weight is 365 g/mol. The molecule has 27 heavy (non-hydrogen) atoms. The Kier molecular flexibility index (Phi) is 4.94. The van der Waals surface area contributed by atoms with Crippen LogP contribution in [0.3, 0.4) is 0 Å². The normalized spacial score (nSPS) is 15.9. The summed E-state index contributed by atoms with van der Waals surface area (Å²) in [6.07, 6.45) is 3.63. The molecule has 1 aliphatic rings. The number of nitrogens with zero attached hydrogens (tertiary/aromatic N) is 1. The third-order valence-corrected chi connectivity index (χ3v) is 5.47. The maximum absolute atomic E-state index is 14.3. The van der Waals surface area contributed by atoms with Crippen molar-refractivity contribution in [2.45, 2.75) is 19.4 Å². The molecule has 1 fully saturated rings. The van der Waals surface area contributed by atoms with E-state index in [1.807, 2.05) is 30.5 Å². The highest BCUT2D eigenvalue weighted by Gasteiger charge is 2.23. The highest BCUT2D eigenvalue weighted by atomic mass is 19.1. The maximum Gasteiger partial charge on any atom is 0.223 e. The van der Waals surface area contributed by atoms with Gasteiger partial charge in [-0.2, -0.15) is 0 Å². The lowest BCUT2D eigenvalue weighted by Crippen LogP contribution is -2.38. The lowest BCUT2D eigenvalue weighted by Gasteiger charge is -2.28. The first-order chi connectivity index (χ1) is 13.1. The number of piperidine rings is 1. The summed E-state index contributed by atoms with van der Waals surface area (Å²) in [5.74, 6) is -0.227. The first-order valence-electron chi connectivity index (χ1n) is 9.42. The lowest BCUT2D eigenvalue weighted by molar-refractivity contribution is -0.126. The predicted molar refractivity (Wildman–Crippen MR) is 106 cm³/mol. The largest absolute Gasteiger partial charge is 0.361 e. The van der Waals surface area contributed by atoms with E-state index in [0.29, 0.717) is 5.56 Å². The van der Waals surface area contributed by atoms with Crippen molar-refractivity contribution in [3.05, 3.63) is 60.0 Å². The Hall–Kier alpha value is -2.66. The van der Waals surface area contributed by atoms with Gasteiger partial charge in [-0.1, -0.05) is 12.1 Å². The Balaban J connectivity index is 1.48. The molecule has 0 unspecified atom stereocenters. The molecule has 1 amide bonds. The zero-order valence-corrected chi connectivity index (χ0v) is 15.5. The van der Waals surface area contributed by atoms with Crippen LogP contribution in [0.15, 0.2) is 48.7 Å². The van der Waals surface area contributed by atoms with E-state index in [-0.39, 0.29) is 24.2 Å². The number of hydrogen-bond acceptors (Lipinski definition) is 2. The van der Waals surface area contributed by atoms with Crippen LogP contribution in [0.25, 0.3) is 22.0 Å². The number of rotatable bonds is 4. The van der Waals surface area contributed by atoms with E-state index in [1.54, 1.807) is 6.07 Å². The van der Waals surface area contributed by atoms with Gasteiger partial charge in [-0.05, 0) is 79.8 Å². The number of hydrogen-bond donors (Lipinski definition) is 2. The molecule has 1 saturated heterocycles. The van der Waals surface area contributed by atoms with Gasteiger partial charge < -0.3 is 15.2 Å². The molecule has 0 aliphatic carbocycles. The number of aromatic amines is 1. The van der Waals surface area contributed by atoms with Crippen LogP contribution in [-0.4, -0.2) is 35.9 Å². The van der Waals surface area contributed by atoms with E-state index in [2.05, 4.69) is 28.3 Å². The van der Waals surface area contributed by atoms with Crippen molar-refractivity contribution in [2.75, 3.05) is 20.1 Å². The van der Waals surface area contributed by atoms with Crippen molar-refractivity contribution >= 4 is 16.8 Å². The summed E-state index contributed by atoms with van der Waals surface area (Å²) < 4.78 is 14.3. The molecule has 2 N–H and O–H groups in total. The Labute approximate surface area is 158 Å². The fraction of sp³-hybridized carbons (Fsp3) is 0.318. The number of carbonyl (C=O) groups is 1. The molecule has 1 aromatic heterocycles. The van der Waals surface area contributed by atoms with Crippen LogP contribution in [0.4, 0.5) is 4.39 Å². The van der Waals surface area contributed by atoms with Gasteiger partial charge in [-0.3, -0.25) is 4.79 Å². The standard InChI is InChI=1S/C22H24FN3O/c1-26-10-7-15(8-11-26)22(27)25-14-19-13-16(2-4-20(19)23)17-3-5-21-18(12-17)6-9-24-21/h2-6,9,12-13,15,24H,7-8,10-11,14H2,1H3,(H,25,27). The van der Waals surface area contributed by atoms with Crippen molar-refractivity contribution in [1.82, 2.24) is 15.2 Å². The van der Waals surface area contributed by atoms with Crippen molar-refractivity contribution in [3.8, 4) is 11.1 Å². The minimum Gasteiger partial charge on any atom is -0.361 e. The van der Waals surface area contributed by atoms with Crippen LogP contribution in [0, 0.1) is 11.7 Å². The zero-order valence-electron chi connectivity index (χ0n) is 15.5. The second kappa shape index (κ2) is 7.53. The second-order valence-electron chi connectivity index (χ2n) is 7.38. The molecule has 0 bridgehead atoms. The fourth-order valence-corrected chi connectivity index (χ4v) is 3.72. The molecule has 4 rings (SSSR count). The van der Waals surface area contributed by atoms with Crippen LogP contribution in [0.5, 0.6) is 0 Å². The van der Waals surface area contributed by atoms with E-state index in [4.69, 9.17) is 0 Å². The molecule has 3 aromatic rings. The predicted octanol–water partition coefficient (Wildman–Crippen LogP) is 3.93. The van der Waals surface area contributed by atoms with Crippen LogP contribution >= 0.6 is 0 Å². The van der Waals surface area contributed by atoms with Crippen LogP contribution in [0.2, 0.25) is 0 Å².